The molecule has 0 bridgehead atoms. The molecule has 3 rings (SSSR count). The number of benzene rings is 2. The van der Waals surface area contributed by atoms with Gasteiger partial charge < -0.3 is 10.6 Å². The molecule has 0 fully saturated rings. The van der Waals surface area contributed by atoms with Crippen molar-refractivity contribution in [1.29, 1.82) is 0 Å². The van der Waals surface area contributed by atoms with Crippen LogP contribution in [0.1, 0.15) is 17.8 Å². The molecule has 1 aromatic heterocycles. The normalized spacial score (nSPS) is 10.9. The van der Waals surface area contributed by atoms with E-state index in [0.717, 1.165) is 11.3 Å². The minimum absolute atomic E-state index is 0.0306. The molecule has 6 heteroatoms. The number of aryl methyl sites for hydroxylation is 1. The summed E-state index contributed by atoms with van der Waals surface area (Å²) in [4.78, 5) is 31.7. The maximum Gasteiger partial charge on any atom is 0.266 e. The lowest BCUT2D eigenvalue weighted by molar-refractivity contribution is -0.128. The summed E-state index contributed by atoms with van der Waals surface area (Å²) < 4.78 is 1.63. The third kappa shape index (κ3) is 3.90. The first kappa shape index (κ1) is 18.8. The van der Waals surface area contributed by atoms with Gasteiger partial charge in [0.1, 0.15) is 5.82 Å². The monoisotopic (exact) mass is 364 g/mol. The van der Waals surface area contributed by atoms with Crippen LogP contribution in [-0.2, 0) is 17.6 Å². The van der Waals surface area contributed by atoms with Crippen LogP contribution < -0.4 is 11.3 Å². The van der Waals surface area contributed by atoms with Crippen LogP contribution in [0.5, 0.6) is 0 Å². The fraction of sp³-hybridized carbons (Fsp3) is 0.286. The average Bonchev–Trinajstić information content (AvgIpc) is 2.67. The minimum Gasteiger partial charge on any atom is -0.349 e. The van der Waals surface area contributed by atoms with Crippen LogP contribution in [0.3, 0.4) is 0 Å². The summed E-state index contributed by atoms with van der Waals surface area (Å²) in [5, 5.41) is 0.564. The van der Waals surface area contributed by atoms with Crippen molar-refractivity contribution in [3.63, 3.8) is 0 Å². The Morgan fingerprint density at radius 2 is 1.81 bits per heavy atom. The first-order valence-electron chi connectivity index (χ1n) is 9.02. The number of rotatable bonds is 6. The molecular formula is C21H24N4O2. The fourth-order valence-corrected chi connectivity index (χ4v) is 3.16. The van der Waals surface area contributed by atoms with Crippen molar-refractivity contribution >= 4 is 16.8 Å². The molecule has 0 radical (unpaired) electrons. The molecule has 140 valence electrons. The summed E-state index contributed by atoms with van der Waals surface area (Å²) >= 11 is 0. The highest BCUT2D eigenvalue weighted by Gasteiger charge is 2.16. The highest BCUT2D eigenvalue weighted by atomic mass is 16.2. The zero-order valence-electron chi connectivity index (χ0n) is 15.7. The van der Waals surface area contributed by atoms with Crippen molar-refractivity contribution in [1.82, 2.24) is 14.5 Å². The van der Waals surface area contributed by atoms with E-state index in [1.807, 2.05) is 48.5 Å². The van der Waals surface area contributed by atoms with Crippen LogP contribution in [0.15, 0.2) is 53.3 Å². The zero-order valence-corrected chi connectivity index (χ0v) is 15.7. The van der Waals surface area contributed by atoms with Crippen molar-refractivity contribution in [2.45, 2.75) is 19.3 Å². The third-order valence-corrected chi connectivity index (χ3v) is 4.54. The Morgan fingerprint density at radius 3 is 2.48 bits per heavy atom. The van der Waals surface area contributed by atoms with Gasteiger partial charge in [-0.2, -0.15) is 0 Å². The van der Waals surface area contributed by atoms with Crippen molar-refractivity contribution in [2.24, 2.45) is 5.73 Å². The standard InChI is InChI=1S/C21H24N4O2/c1-24(2)19(26)12-11-15-7-6-10-17-20(15)21(27)25(18(23-17)13-14-22)16-8-4-3-5-9-16/h3-10H,11-14,22H2,1-2H3. The van der Waals surface area contributed by atoms with Crippen LogP contribution in [0, 0.1) is 0 Å². The Morgan fingerprint density at radius 1 is 1.07 bits per heavy atom. The minimum atomic E-state index is -0.123. The van der Waals surface area contributed by atoms with Crippen LogP contribution in [0.25, 0.3) is 16.6 Å². The highest BCUT2D eigenvalue weighted by molar-refractivity contribution is 5.83. The quantitative estimate of drug-likeness (QED) is 0.724. The smallest absolute Gasteiger partial charge is 0.266 e. The highest BCUT2D eigenvalue weighted by Crippen LogP contribution is 2.18. The topological polar surface area (TPSA) is 81.2 Å². The average molecular weight is 364 g/mol. The van der Waals surface area contributed by atoms with E-state index in [2.05, 4.69) is 0 Å². The second kappa shape index (κ2) is 8.14. The van der Waals surface area contributed by atoms with Crippen LogP contribution >= 0.6 is 0 Å². The van der Waals surface area contributed by atoms with E-state index in [9.17, 15) is 9.59 Å². The molecule has 0 saturated carbocycles. The lowest BCUT2D eigenvalue weighted by Gasteiger charge is -2.15. The lowest BCUT2D eigenvalue weighted by atomic mass is 10.0. The van der Waals surface area contributed by atoms with Crippen molar-refractivity contribution < 1.29 is 4.79 Å². The summed E-state index contributed by atoms with van der Waals surface area (Å²) in [6, 6.07) is 15.1. The number of para-hydroxylation sites is 1. The second-order valence-corrected chi connectivity index (χ2v) is 6.64. The van der Waals surface area contributed by atoms with E-state index in [1.165, 1.54) is 0 Å². The second-order valence-electron chi connectivity index (χ2n) is 6.64. The van der Waals surface area contributed by atoms with Gasteiger partial charge in [-0.05, 0) is 36.7 Å². The molecule has 6 nitrogen and oxygen atoms in total. The van der Waals surface area contributed by atoms with E-state index in [4.69, 9.17) is 10.7 Å². The molecular weight excluding hydrogens is 340 g/mol. The number of nitrogens with two attached hydrogens (primary N) is 1. The molecule has 2 aromatic carbocycles. The summed E-state index contributed by atoms with van der Waals surface area (Å²) in [5.41, 5.74) is 7.87. The first-order chi connectivity index (χ1) is 13.0. The summed E-state index contributed by atoms with van der Waals surface area (Å²) in [6.07, 6.45) is 1.35. The summed E-state index contributed by atoms with van der Waals surface area (Å²) in [7, 11) is 3.46. The SMILES string of the molecule is CN(C)C(=O)CCc1cccc2nc(CCN)n(-c3ccccc3)c(=O)c12. The third-order valence-electron chi connectivity index (χ3n) is 4.54. The van der Waals surface area contributed by atoms with E-state index >= 15 is 0 Å². The van der Waals surface area contributed by atoms with Gasteiger partial charge in [0.05, 0.1) is 16.6 Å². The summed E-state index contributed by atoms with van der Waals surface area (Å²) in [5.74, 6) is 0.672. The Bertz CT molecular complexity index is 1010. The van der Waals surface area contributed by atoms with Gasteiger partial charge in [0.2, 0.25) is 5.91 Å². The largest absolute Gasteiger partial charge is 0.349 e. The van der Waals surface area contributed by atoms with E-state index < -0.39 is 0 Å². The molecule has 0 aliphatic rings. The van der Waals surface area contributed by atoms with Gasteiger partial charge in [0, 0.05) is 26.9 Å². The molecule has 3 aromatic rings. The Labute approximate surface area is 158 Å². The number of hydrogen-bond acceptors (Lipinski definition) is 4. The predicted molar refractivity (Wildman–Crippen MR) is 107 cm³/mol. The number of carbonyl (C=O) groups excluding carboxylic acids is 1. The molecule has 0 atom stereocenters. The fourth-order valence-electron chi connectivity index (χ4n) is 3.16. The lowest BCUT2D eigenvalue weighted by Crippen LogP contribution is -2.26. The number of carbonyl (C=O) groups is 1. The van der Waals surface area contributed by atoms with Crippen LogP contribution in [-0.4, -0.2) is 41.0 Å². The number of hydrogen-bond donors (Lipinski definition) is 1. The predicted octanol–water partition coefficient (Wildman–Crippen LogP) is 1.91. The molecule has 1 heterocycles. The van der Waals surface area contributed by atoms with E-state index in [0.29, 0.717) is 42.5 Å². The molecule has 0 aliphatic heterocycles. The van der Waals surface area contributed by atoms with Gasteiger partial charge in [-0.3, -0.25) is 14.2 Å². The van der Waals surface area contributed by atoms with E-state index in [-0.39, 0.29) is 11.5 Å². The zero-order chi connectivity index (χ0) is 19.4. The summed E-state index contributed by atoms with van der Waals surface area (Å²) in [6.45, 7) is 0.405. The molecule has 0 unspecified atom stereocenters. The van der Waals surface area contributed by atoms with E-state index in [1.54, 1.807) is 23.6 Å². The van der Waals surface area contributed by atoms with Gasteiger partial charge in [-0.15, -0.1) is 0 Å². The number of nitrogens with zero attached hydrogens (tertiary/aromatic N) is 3. The van der Waals surface area contributed by atoms with Gasteiger partial charge in [-0.25, -0.2) is 4.98 Å². The van der Waals surface area contributed by atoms with Gasteiger partial charge in [-0.1, -0.05) is 30.3 Å². The Kier molecular flexibility index (Phi) is 5.66. The van der Waals surface area contributed by atoms with Crippen molar-refractivity contribution in [2.75, 3.05) is 20.6 Å². The molecule has 27 heavy (non-hydrogen) atoms. The number of amides is 1. The van der Waals surface area contributed by atoms with Gasteiger partial charge in [0.25, 0.3) is 5.56 Å². The van der Waals surface area contributed by atoms with Crippen LogP contribution in [0.2, 0.25) is 0 Å². The Balaban J connectivity index is 2.18. The maximum atomic E-state index is 13.4. The molecule has 1 amide bonds. The van der Waals surface area contributed by atoms with Crippen LogP contribution in [0.4, 0.5) is 0 Å². The number of aromatic nitrogens is 2. The van der Waals surface area contributed by atoms with Crippen molar-refractivity contribution in [3.8, 4) is 5.69 Å². The van der Waals surface area contributed by atoms with Gasteiger partial charge in [0.15, 0.2) is 0 Å². The Hall–Kier alpha value is -2.99. The molecule has 0 aliphatic carbocycles. The number of fused-ring (bicyclic) bond motifs is 1. The van der Waals surface area contributed by atoms with Gasteiger partial charge >= 0.3 is 0 Å². The molecule has 0 spiro atoms. The van der Waals surface area contributed by atoms with Crippen molar-refractivity contribution in [3.05, 3.63) is 70.3 Å². The molecule has 0 saturated heterocycles. The maximum absolute atomic E-state index is 13.4. The first-order valence-corrected chi connectivity index (χ1v) is 9.02. The molecule has 2 N–H and O–H groups in total.